The van der Waals surface area contributed by atoms with Crippen LogP contribution in [0.4, 0.5) is 11.4 Å². The number of hydrogen-bond donors (Lipinski definition) is 1. The molecular formula is C32H36N2O5. The largest absolute Gasteiger partial charge is 0.507 e. The third kappa shape index (κ3) is 6.08. The number of carbonyl (C=O) groups excluding carboxylic acids is 2. The number of ether oxygens (including phenoxy) is 2. The zero-order valence-electron chi connectivity index (χ0n) is 23.0. The zero-order chi connectivity index (χ0) is 27.9. The third-order valence-corrected chi connectivity index (χ3v) is 6.74. The Bertz CT molecular complexity index is 1310. The van der Waals surface area contributed by atoms with Gasteiger partial charge in [0.1, 0.15) is 17.3 Å². The molecule has 1 amide bonds. The summed E-state index contributed by atoms with van der Waals surface area (Å²) in [4.78, 5) is 30.3. The van der Waals surface area contributed by atoms with Crippen molar-refractivity contribution >= 4 is 28.8 Å². The molecule has 0 aromatic heterocycles. The molecule has 0 spiro atoms. The maximum atomic E-state index is 13.4. The molecular weight excluding hydrogens is 492 g/mol. The van der Waals surface area contributed by atoms with Gasteiger partial charge in [0.05, 0.1) is 24.8 Å². The van der Waals surface area contributed by atoms with Gasteiger partial charge in [-0.25, -0.2) is 0 Å². The number of Topliss-reactive ketones (excluding diaryl/α,β-unsaturated/α-hetero) is 1. The topological polar surface area (TPSA) is 79.3 Å². The minimum Gasteiger partial charge on any atom is -0.507 e. The molecule has 3 aromatic rings. The molecule has 1 unspecified atom stereocenters. The fourth-order valence-corrected chi connectivity index (χ4v) is 4.65. The smallest absolute Gasteiger partial charge is 0.300 e. The molecule has 204 valence electrons. The fourth-order valence-electron chi connectivity index (χ4n) is 4.65. The van der Waals surface area contributed by atoms with Crippen LogP contribution in [-0.2, 0) is 9.59 Å². The highest BCUT2D eigenvalue weighted by Crippen LogP contribution is 2.43. The van der Waals surface area contributed by atoms with Crippen LogP contribution < -0.4 is 19.3 Å². The number of aliphatic hydroxyl groups excluding tert-OH is 1. The number of benzene rings is 3. The Hall–Kier alpha value is -4.26. The summed E-state index contributed by atoms with van der Waals surface area (Å²) in [6.45, 7) is 5.18. The Morgan fingerprint density at radius 3 is 2.05 bits per heavy atom. The van der Waals surface area contributed by atoms with E-state index in [1.54, 1.807) is 48.5 Å². The Morgan fingerprint density at radius 1 is 0.846 bits per heavy atom. The second kappa shape index (κ2) is 12.5. The second-order valence-electron chi connectivity index (χ2n) is 9.66. The number of anilines is 2. The van der Waals surface area contributed by atoms with Gasteiger partial charge >= 0.3 is 0 Å². The highest BCUT2D eigenvalue weighted by Gasteiger charge is 2.47. The van der Waals surface area contributed by atoms with Crippen molar-refractivity contribution in [3.05, 3.63) is 89.5 Å². The molecule has 1 fully saturated rings. The summed E-state index contributed by atoms with van der Waals surface area (Å²) in [7, 11) is 3.89. The number of unbranched alkanes of at least 4 members (excludes halogenated alkanes) is 2. The van der Waals surface area contributed by atoms with Crippen LogP contribution in [0.25, 0.3) is 5.76 Å². The highest BCUT2D eigenvalue weighted by molar-refractivity contribution is 6.51. The van der Waals surface area contributed by atoms with Crippen molar-refractivity contribution in [3.63, 3.8) is 0 Å². The number of amides is 1. The molecule has 0 saturated carbocycles. The standard InChI is InChI=1S/C32H36N2O5/c1-5-7-8-21-39-27-17-11-23(12-18-27)30(35)28-29(22-9-13-24(14-10-22)33(3)4)34(32(37)31(28)36)25-15-19-26(20-16-25)38-6-2/h9-20,29,35H,5-8,21H2,1-4H3/b30-28-. The first-order chi connectivity index (χ1) is 18.8. The predicted molar refractivity (Wildman–Crippen MR) is 155 cm³/mol. The van der Waals surface area contributed by atoms with Crippen LogP contribution in [0.5, 0.6) is 11.5 Å². The number of aliphatic hydroxyl groups is 1. The molecule has 0 bridgehead atoms. The summed E-state index contributed by atoms with van der Waals surface area (Å²) in [5.74, 6) is -0.294. The predicted octanol–water partition coefficient (Wildman–Crippen LogP) is 6.35. The van der Waals surface area contributed by atoms with Gasteiger partial charge < -0.3 is 19.5 Å². The Balaban J connectivity index is 1.75. The van der Waals surface area contributed by atoms with Crippen LogP contribution >= 0.6 is 0 Å². The van der Waals surface area contributed by atoms with Crippen molar-refractivity contribution in [2.75, 3.05) is 37.1 Å². The molecule has 7 heteroatoms. The van der Waals surface area contributed by atoms with Gasteiger partial charge in [-0.15, -0.1) is 0 Å². The van der Waals surface area contributed by atoms with E-state index in [4.69, 9.17) is 9.47 Å². The van der Waals surface area contributed by atoms with Crippen LogP contribution in [0.2, 0.25) is 0 Å². The molecule has 1 saturated heterocycles. The van der Waals surface area contributed by atoms with Crippen molar-refractivity contribution in [2.24, 2.45) is 0 Å². The molecule has 1 atom stereocenters. The SMILES string of the molecule is CCCCCOc1ccc(/C(O)=C2/C(=O)C(=O)N(c3ccc(OCC)cc3)C2c2ccc(N(C)C)cc2)cc1. The first-order valence-electron chi connectivity index (χ1n) is 13.4. The van der Waals surface area contributed by atoms with E-state index in [1.807, 2.05) is 50.2 Å². The Kier molecular flexibility index (Phi) is 8.92. The lowest BCUT2D eigenvalue weighted by Crippen LogP contribution is -2.29. The van der Waals surface area contributed by atoms with Gasteiger partial charge in [0, 0.05) is 31.0 Å². The van der Waals surface area contributed by atoms with E-state index in [0.717, 1.165) is 24.9 Å². The van der Waals surface area contributed by atoms with Crippen LogP contribution in [0.1, 0.15) is 50.3 Å². The molecule has 1 aliphatic heterocycles. The number of ketones is 1. The summed E-state index contributed by atoms with van der Waals surface area (Å²) in [6.07, 6.45) is 3.19. The van der Waals surface area contributed by atoms with E-state index in [-0.39, 0.29) is 11.3 Å². The molecule has 1 aliphatic rings. The van der Waals surface area contributed by atoms with Crippen molar-refractivity contribution in [1.29, 1.82) is 0 Å². The van der Waals surface area contributed by atoms with Crippen molar-refractivity contribution in [2.45, 2.75) is 39.2 Å². The Morgan fingerprint density at radius 2 is 1.46 bits per heavy atom. The van der Waals surface area contributed by atoms with Crippen LogP contribution in [-0.4, -0.2) is 44.1 Å². The van der Waals surface area contributed by atoms with Gasteiger partial charge in [-0.1, -0.05) is 31.9 Å². The lowest BCUT2D eigenvalue weighted by Gasteiger charge is -2.26. The minimum absolute atomic E-state index is 0.0445. The van der Waals surface area contributed by atoms with Crippen molar-refractivity contribution < 1.29 is 24.2 Å². The molecule has 7 nitrogen and oxygen atoms in total. The maximum Gasteiger partial charge on any atom is 0.300 e. The number of hydrogen-bond acceptors (Lipinski definition) is 6. The van der Waals surface area contributed by atoms with Crippen LogP contribution in [0, 0.1) is 0 Å². The van der Waals surface area contributed by atoms with E-state index >= 15 is 0 Å². The molecule has 1 heterocycles. The van der Waals surface area contributed by atoms with E-state index < -0.39 is 17.7 Å². The van der Waals surface area contributed by atoms with Crippen LogP contribution in [0.3, 0.4) is 0 Å². The van der Waals surface area contributed by atoms with Gasteiger partial charge in [0.15, 0.2) is 0 Å². The van der Waals surface area contributed by atoms with Gasteiger partial charge in [-0.05, 0) is 79.6 Å². The number of rotatable bonds is 11. The van der Waals surface area contributed by atoms with Gasteiger partial charge in [-0.2, -0.15) is 0 Å². The normalized spacial score (nSPS) is 16.4. The highest BCUT2D eigenvalue weighted by atomic mass is 16.5. The average Bonchev–Trinajstić information content (AvgIpc) is 3.21. The van der Waals surface area contributed by atoms with E-state index in [1.165, 1.54) is 4.90 Å². The molecule has 0 radical (unpaired) electrons. The van der Waals surface area contributed by atoms with Gasteiger partial charge in [0.25, 0.3) is 11.7 Å². The van der Waals surface area contributed by atoms with Crippen molar-refractivity contribution in [1.82, 2.24) is 0 Å². The third-order valence-electron chi connectivity index (χ3n) is 6.74. The first-order valence-corrected chi connectivity index (χ1v) is 13.4. The maximum absolute atomic E-state index is 13.4. The van der Waals surface area contributed by atoms with Gasteiger partial charge in [-0.3, -0.25) is 14.5 Å². The molecule has 3 aromatic carbocycles. The van der Waals surface area contributed by atoms with E-state index in [0.29, 0.717) is 41.5 Å². The molecule has 4 rings (SSSR count). The first kappa shape index (κ1) is 27.8. The van der Waals surface area contributed by atoms with E-state index in [9.17, 15) is 14.7 Å². The summed E-state index contributed by atoms with van der Waals surface area (Å²) in [5.41, 5.74) is 2.72. The number of nitrogens with zero attached hydrogens (tertiary/aromatic N) is 2. The summed E-state index contributed by atoms with van der Waals surface area (Å²) in [6, 6.07) is 20.8. The lowest BCUT2D eigenvalue weighted by atomic mass is 9.95. The Labute approximate surface area is 230 Å². The summed E-state index contributed by atoms with van der Waals surface area (Å²) >= 11 is 0. The average molecular weight is 529 g/mol. The van der Waals surface area contributed by atoms with Gasteiger partial charge in [0.2, 0.25) is 0 Å². The van der Waals surface area contributed by atoms with Crippen LogP contribution in [0.15, 0.2) is 78.4 Å². The monoisotopic (exact) mass is 528 g/mol. The molecule has 1 N–H and O–H groups in total. The minimum atomic E-state index is -0.802. The lowest BCUT2D eigenvalue weighted by molar-refractivity contribution is -0.132. The summed E-state index contributed by atoms with van der Waals surface area (Å²) in [5, 5.41) is 11.4. The van der Waals surface area contributed by atoms with E-state index in [2.05, 4.69) is 6.92 Å². The molecule has 0 aliphatic carbocycles. The quantitative estimate of drug-likeness (QED) is 0.135. The fraction of sp³-hybridized carbons (Fsp3) is 0.312. The summed E-state index contributed by atoms with van der Waals surface area (Å²) < 4.78 is 11.3. The zero-order valence-corrected chi connectivity index (χ0v) is 23.0. The number of carbonyl (C=O) groups is 2. The molecule has 39 heavy (non-hydrogen) atoms. The second-order valence-corrected chi connectivity index (χ2v) is 9.66. The van der Waals surface area contributed by atoms with Crippen molar-refractivity contribution in [3.8, 4) is 11.5 Å².